The highest BCUT2D eigenvalue weighted by molar-refractivity contribution is 7.92. The van der Waals surface area contributed by atoms with E-state index in [9.17, 15) is 13.2 Å². The van der Waals surface area contributed by atoms with Gasteiger partial charge in [-0.05, 0) is 61.2 Å². The summed E-state index contributed by atoms with van der Waals surface area (Å²) in [7, 11) is -2.05. The van der Waals surface area contributed by atoms with Crippen LogP contribution in [0.15, 0.2) is 42.5 Å². The second kappa shape index (κ2) is 9.10. The molecule has 1 amide bonds. The van der Waals surface area contributed by atoms with Crippen molar-refractivity contribution < 1.29 is 17.9 Å². The van der Waals surface area contributed by atoms with E-state index in [1.54, 1.807) is 26.2 Å². The van der Waals surface area contributed by atoms with Gasteiger partial charge in [0.25, 0.3) is 0 Å². The summed E-state index contributed by atoms with van der Waals surface area (Å²) in [5.41, 5.74) is 3.44. The molecule has 0 radical (unpaired) electrons. The Hall–Kier alpha value is -2.54. The summed E-state index contributed by atoms with van der Waals surface area (Å²) in [5, 5.41) is 2.85. The molecule has 0 fully saturated rings. The van der Waals surface area contributed by atoms with Crippen LogP contribution < -0.4 is 14.4 Å². The van der Waals surface area contributed by atoms with Gasteiger partial charge in [0.15, 0.2) is 0 Å². The van der Waals surface area contributed by atoms with Gasteiger partial charge in [-0.3, -0.25) is 9.10 Å². The molecule has 0 saturated carbocycles. The second-order valence-electron chi connectivity index (χ2n) is 6.82. The predicted octanol–water partition coefficient (Wildman–Crippen LogP) is 3.17. The Morgan fingerprint density at radius 2 is 1.75 bits per heavy atom. The maximum atomic E-state index is 12.8. The van der Waals surface area contributed by atoms with Crippen LogP contribution in [-0.2, 0) is 21.4 Å². The summed E-state index contributed by atoms with van der Waals surface area (Å²) in [6.07, 6.45) is 1.48. The number of anilines is 1. The van der Waals surface area contributed by atoms with Crippen molar-refractivity contribution in [3.05, 3.63) is 59.2 Å². The zero-order chi connectivity index (χ0) is 20.9. The van der Waals surface area contributed by atoms with Crippen LogP contribution in [0.3, 0.4) is 0 Å². The minimum atomic E-state index is -3.64. The topological polar surface area (TPSA) is 75.7 Å². The van der Waals surface area contributed by atoms with Crippen molar-refractivity contribution in [2.45, 2.75) is 39.8 Å². The highest BCUT2D eigenvalue weighted by Crippen LogP contribution is 2.25. The lowest BCUT2D eigenvalue weighted by Crippen LogP contribution is -2.49. The Morgan fingerprint density at radius 3 is 2.25 bits per heavy atom. The maximum absolute atomic E-state index is 12.8. The molecule has 0 saturated heterocycles. The number of methoxy groups -OCH3 is 1. The lowest BCUT2D eigenvalue weighted by Gasteiger charge is -2.30. The lowest BCUT2D eigenvalue weighted by molar-refractivity contribution is -0.122. The second-order valence-corrected chi connectivity index (χ2v) is 8.68. The average Bonchev–Trinajstić information content (AvgIpc) is 2.66. The smallest absolute Gasteiger partial charge is 0.244 e. The van der Waals surface area contributed by atoms with Gasteiger partial charge < -0.3 is 10.1 Å². The first-order valence-corrected chi connectivity index (χ1v) is 11.0. The summed E-state index contributed by atoms with van der Waals surface area (Å²) in [6.45, 7) is 5.99. The van der Waals surface area contributed by atoms with Crippen LogP contribution in [-0.4, -0.2) is 33.7 Å². The minimum absolute atomic E-state index is 0.309. The summed E-state index contributed by atoms with van der Waals surface area (Å²) >= 11 is 0. The van der Waals surface area contributed by atoms with Crippen LogP contribution in [0, 0.1) is 13.8 Å². The molecule has 2 rings (SSSR count). The van der Waals surface area contributed by atoms with Crippen LogP contribution in [0.4, 0.5) is 5.69 Å². The number of hydrogen-bond donors (Lipinski definition) is 1. The Labute approximate surface area is 167 Å². The first-order valence-electron chi connectivity index (χ1n) is 9.14. The third-order valence-electron chi connectivity index (χ3n) is 4.70. The molecule has 0 bridgehead atoms. The molecule has 0 spiro atoms. The summed E-state index contributed by atoms with van der Waals surface area (Å²) < 4.78 is 31.4. The monoisotopic (exact) mass is 404 g/mol. The number of nitrogens with one attached hydrogen (secondary N) is 1. The predicted molar refractivity (Wildman–Crippen MR) is 112 cm³/mol. The molecule has 1 N–H and O–H groups in total. The van der Waals surface area contributed by atoms with Crippen LogP contribution in [0.5, 0.6) is 5.75 Å². The number of carbonyl (C=O) groups is 1. The average molecular weight is 405 g/mol. The van der Waals surface area contributed by atoms with Gasteiger partial charge in [-0.2, -0.15) is 0 Å². The maximum Gasteiger partial charge on any atom is 0.244 e. The minimum Gasteiger partial charge on any atom is -0.497 e. The number of carbonyl (C=O) groups excluding carboxylic acids is 1. The van der Waals surface area contributed by atoms with Gasteiger partial charge in [0, 0.05) is 6.54 Å². The van der Waals surface area contributed by atoms with Gasteiger partial charge >= 0.3 is 0 Å². The van der Waals surface area contributed by atoms with Crippen molar-refractivity contribution in [3.63, 3.8) is 0 Å². The molecule has 7 heteroatoms. The van der Waals surface area contributed by atoms with E-state index in [0.29, 0.717) is 18.7 Å². The molecule has 0 heterocycles. The Bertz CT molecular complexity index is 924. The largest absolute Gasteiger partial charge is 0.497 e. The first kappa shape index (κ1) is 21.8. The molecule has 0 aliphatic rings. The van der Waals surface area contributed by atoms with Crippen LogP contribution in [0.25, 0.3) is 0 Å². The highest BCUT2D eigenvalue weighted by Gasteiger charge is 2.31. The van der Waals surface area contributed by atoms with E-state index in [0.717, 1.165) is 28.7 Å². The number of sulfonamides is 1. The number of benzene rings is 2. The number of aryl methyl sites for hydroxylation is 2. The molecule has 2 aromatic carbocycles. The van der Waals surface area contributed by atoms with Gasteiger partial charge in [-0.15, -0.1) is 0 Å². The molecular weight excluding hydrogens is 376 g/mol. The highest BCUT2D eigenvalue weighted by atomic mass is 32.2. The van der Waals surface area contributed by atoms with Gasteiger partial charge in [-0.25, -0.2) is 8.42 Å². The van der Waals surface area contributed by atoms with Crippen molar-refractivity contribution in [2.24, 2.45) is 0 Å². The third-order valence-corrected chi connectivity index (χ3v) is 5.88. The third kappa shape index (κ3) is 5.25. The van der Waals surface area contributed by atoms with Gasteiger partial charge in [0.1, 0.15) is 11.8 Å². The molecule has 0 aliphatic carbocycles. The zero-order valence-corrected chi connectivity index (χ0v) is 17.8. The van der Waals surface area contributed by atoms with E-state index in [1.807, 2.05) is 44.2 Å². The fraction of sp³-hybridized carbons (Fsp3) is 0.381. The molecule has 6 nitrogen and oxygen atoms in total. The summed E-state index contributed by atoms with van der Waals surface area (Å²) in [6, 6.07) is 11.9. The van der Waals surface area contributed by atoms with E-state index in [2.05, 4.69) is 5.32 Å². The Kier molecular flexibility index (Phi) is 7.07. The van der Waals surface area contributed by atoms with Crippen LogP contribution in [0.2, 0.25) is 0 Å². The Balaban J connectivity index is 2.24. The van der Waals surface area contributed by atoms with Crippen molar-refractivity contribution in [3.8, 4) is 5.75 Å². The quantitative estimate of drug-likeness (QED) is 0.733. The number of rotatable bonds is 8. The van der Waals surface area contributed by atoms with E-state index in [-0.39, 0.29) is 5.91 Å². The fourth-order valence-corrected chi connectivity index (χ4v) is 4.18. The molecule has 0 aromatic heterocycles. The number of hydrogen-bond acceptors (Lipinski definition) is 4. The SMILES string of the molecule is CC[C@@H](C(=O)NCc1ccc(OC)cc1)N(c1ccc(C)c(C)c1)S(C)(=O)=O. The normalized spacial score (nSPS) is 12.3. The summed E-state index contributed by atoms with van der Waals surface area (Å²) in [4.78, 5) is 12.8. The molecule has 152 valence electrons. The van der Waals surface area contributed by atoms with E-state index in [1.165, 1.54) is 4.31 Å². The number of amides is 1. The van der Waals surface area contributed by atoms with Crippen LogP contribution >= 0.6 is 0 Å². The van der Waals surface area contributed by atoms with Gasteiger partial charge in [0.2, 0.25) is 15.9 Å². The van der Waals surface area contributed by atoms with E-state index >= 15 is 0 Å². The van der Waals surface area contributed by atoms with Gasteiger partial charge in [0.05, 0.1) is 19.1 Å². The lowest BCUT2D eigenvalue weighted by atomic mass is 10.1. The number of ether oxygens (including phenoxy) is 1. The standard InChI is InChI=1S/C21H28N2O4S/c1-6-20(21(24)22-14-17-8-11-19(27-4)12-9-17)23(28(5,25)26)18-10-7-15(2)16(3)13-18/h7-13,20H,6,14H2,1-5H3,(H,22,24)/t20-/m0/s1. The van der Waals surface area contributed by atoms with Crippen molar-refractivity contribution in [1.29, 1.82) is 0 Å². The molecule has 2 aromatic rings. The van der Waals surface area contributed by atoms with Gasteiger partial charge in [-0.1, -0.05) is 25.1 Å². The fourth-order valence-electron chi connectivity index (χ4n) is 2.97. The van der Waals surface area contributed by atoms with Crippen LogP contribution in [0.1, 0.15) is 30.0 Å². The molecular formula is C21H28N2O4S. The van der Waals surface area contributed by atoms with E-state index in [4.69, 9.17) is 4.74 Å². The summed E-state index contributed by atoms with van der Waals surface area (Å²) in [5.74, 6) is 0.404. The Morgan fingerprint density at radius 1 is 1.11 bits per heavy atom. The van der Waals surface area contributed by atoms with Crippen molar-refractivity contribution in [1.82, 2.24) is 5.32 Å². The first-order chi connectivity index (χ1) is 13.2. The molecule has 0 unspecified atom stereocenters. The molecule has 1 atom stereocenters. The number of nitrogens with zero attached hydrogens (tertiary/aromatic N) is 1. The van der Waals surface area contributed by atoms with Crippen molar-refractivity contribution in [2.75, 3.05) is 17.7 Å². The van der Waals surface area contributed by atoms with Crippen molar-refractivity contribution >= 4 is 21.6 Å². The molecule has 0 aliphatic heterocycles. The molecule has 28 heavy (non-hydrogen) atoms. The zero-order valence-electron chi connectivity index (χ0n) is 17.0. The van der Waals surface area contributed by atoms with E-state index < -0.39 is 16.1 Å².